The molecule has 0 radical (unpaired) electrons. The monoisotopic (exact) mass is 160 g/mol. The van der Waals surface area contributed by atoms with E-state index in [4.69, 9.17) is 10.2 Å². The van der Waals surface area contributed by atoms with Crippen LogP contribution in [0.3, 0.4) is 0 Å². The molecule has 9 heavy (non-hydrogen) atoms. The van der Waals surface area contributed by atoms with Crippen LogP contribution < -0.4 is 29.6 Å². The molecule has 0 spiro atoms. The topological polar surface area (TPSA) is 66.8 Å². The van der Waals surface area contributed by atoms with Crippen LogP contribution in [0.4, 0.5) is 0 Å². The Labute approximate surface area is 77.2 Å². The van der Waals surface area contributed by atoms with E-state index in [1.807, 2.05) is 0 Å². The smallest absolute Gasteiger partial charge is 0.646 e. The second kappa shape index (κ2) is 6.93. The molecule has 0 aliphatic heterocycles. The molecular formula is C3H6NaO4P. The average molecular weight is 160 g/mol. The largest absolute Gasteiger partial charge is 1.00 e. The van der Waals surface area contributed by atoms with E-state index in [-0.39, 0.29) is 29.6 Å². The molecule has 0 bridgehead atoms. The average Bonchev–Trinajstić information content (AvgIpc) is 1.84. The minimum absolute atomic E-state index is 0. The molecular weight excluding hydrogens is 154 g/mol. The number of carbonyl (C=O) groups excluding carboxylic acids is 1. The van der Waals surface area contributed by atoms with E-state index in [1.165, 1.54) is 0 Å². The summed E-state index contributed by atoms with van der Waals surface area (Å²) in [5, 5.41) is 16.4. The summed E-state index contributed by atoms with van der Waals surface area (Å²) in [6.07, 6.45) is -1.44. The number of carbonyl (C=O) groups is 1. The second-order valence-electron chi connectivity index (χ2n) is 1.12. The Morgan fingerprint density at radius 2 is 2.22 bits per heavy atom. The van der Waals surface area contributed by atoms with Crippen molar-refractivity contribution in [2.24, 2.45) is 0 Å². The van der Waals surface area contributed by atoms with Crippen molar-refractivity contribution < 1.29 is 49.1 Å². The van der Waals surface area contributed by atoms with Gasteiger partial charge in [-0.2, -0.15) is 0 Å². The molecule has 6 heteroatoms. The first kappa shape index (κ1) is 12.5. The van der Waals surface area contributed by atoms with Crippen molar-refractivity contribution in [2.75, 3.05) is 6.61 Å². The Balaban J connectivity index is 0. The first-order valence-corrected chi connectivity index (χ1v) is 2.29. The van der Waals surface area contributed by atoms with E-state index in [0.29, 0.717) is 0 Å². The summed E-state index contributed by atoms with van der Waals surface area (Å²) >= 11 is 0. The zero-order chi connectivity index (χ0) is 6.57. The number of rotatable bonds is 2. The van der Waals surface area contributed by atoms with E-state index >= 15 is 0 Å². The summed E-state index contributed by atoms with van der Waals surface area (Å²) in [7, 11) is 2.38. The zero-order valence-electron chi connectivity index (χ0n) is 5.00. The van der Waals surface area contributed by atoms with Crippen molar-refractivity contribution in [1.29, 1.82) is 0 Å². The van der Waals surface area contributed by atoms with Gasteiger partial charge in [-0.15, -0.1) is 0 Å². The van der Waals surface area contributed by atoms with Gasteiger partial charge in [0.05, 0.1) is 6.61 Å². The van der Waals surface area contributed by atoms with E-state index in [2.05, 4.69) is 14.0 Å². The molecule has 48 valence electrons. The van der Waals surface area contributed by atoms with Crippen LogP contribution >= 0.6 is 9.47 Å². The molecule has 0 saturated heterocycles. The van der Waals surface area contributed by atoms with Crippen LogP contribution in [0.1, 0.15) is 0 Å². The molecule has 4 nitrogen and oxygen atoms in total. The first-order valence-electron chi connectivity index (χ1n) is 1.88. The van der Waals surface area contributed by atoms with E-state index in [1.54, 1.807) is 0 Å². The summed E-state index contributed by atoms with van der Waals surface area (Å²) in [5.74, 6) is -0.899. The van der Waals surface area contributed by atoms with Gasteiger partial charge in [0.1, 0.15) is 0 Å². The van der Waals surface area contributed by atoms with Gasteiger partial charge in [-0.3, -0.25) is 4.79 Å². The Morgan fingerprint density at radius 3 is 2.33 bits per heavy atom. The maximum absolute atomic E-state index is 10.1. The summed E-state index contributed by atoms with van der Waals surface area (Å²) in [4.78, 5) is 10.1. The fraction of sp³-hybridized carbons (Fsp3) is 0.667. The molecule has 0 amide bonds. The zero-order valence-corrected chi connectivity index (χ0v) is 8.00. The van der Waals surface area contributed by atoms with Crippen LogP contribution in [0.2, 0.25) is 0 Å². The van der Waals surface area contributed by atoms with Gasteiger partial charge in [-0.25, -0.2) is 0 Å². The van der Waals surface area contributed by atoms with Crippen molar-refractivity contribution >= 4 is 15.4 Å². The fourth-order valence-electron chi connectivity index (χ4n) is 0.143. The normalized spacial score (nSPS) is 11.4. The third-order valence-electron chi connectivity index (χ3n) is 0.546. The maximum Gasteiger partial charge on any atom is 1.00 e. The van der Waals surface area contributed by atoms with Gasteiger partial charge >= 0.3 is 35.5 Å². The molecule has 0 rings (SSSR count). The summed E-state index contributed by atoms with van der Waals surface area (Å²) in [6.45, 7) is -0.622. The fourth-order valence-corrected chi connectivity index (χ4v) is 0.279. The Kier molecular flexibility index (Phi) is 9.62. The first-order chi connectivity index (χ1) is 3.72. The van der Waals surface area contributed by atoms with Crippen LogP contribution in [-0.4, -0.2) is 28.9 Å². The predicted octanol–water partition coefficient (Wildman–Crippen LogP) is -4.06. The minimum atomic E-state index is -1.44. The Morgan fingerprint density at radius 1 is 1.78 bits per heavy atom. The molecule has 2 N–H and O–H groups in total. The summed E-state index contributed by atoms with van der Waals surface area (Å²) in [5.41, 5.74) is 0. The molecule has 0 fully saturated rings. The van der Waals surface area contributed by atoms with Crippen LogP contribution in [0.25, 0.3) is 0 Å². The number of hydrogen-bond donors (Lipinski definition) is 2. The standard InChI is InChI=1S/C3H6O4P.Na/c4-1-2(5)3(6)7-8;/h2,4-5,8H,1H2;/q-1;+1. The van der Waals surface area contributed by atoms with Crippen molar-refractivity contribution in [1.82, 2.24) is 0 Å². The van der Waals surface area contributed by atoms with Crippen molar-refractivity contribution in [3.8, 4) is 0 Å². The quantitative estimate of drug-likeness (QED) is 0.318. The number of aliphatic hydroxyl groups is 2. The predicted molar refractivity (Wildman–Crippen MR) is 27.5 cm³/mol. The van der Waals surface area contributed by atoms with Crippen molar-refractivity contribution in [3.05, 3.63) is 0 Å². The van der Waals surface area contributed by atoms with E-state index in [9.17, 15) is 4.79 Å². The van der Waals surface area contributed by atoms with Crippen LogP contribution in [-0.2, 0) is 9.32 Å². The number of hydrogen-bond acceptors (Lipinski definition) is 4. The molecule has 1 atom stereocenters. The van der Waals surface area contributed by atoms with Crippen molar-refractivity contribution in [2.45, 2.75) is 6.10 Å². The van der Waals surface area contributed by atoms with Gasteiger partial charge < -0.3 is 24.2 Å². The van der Waals surface area contributed by atoms with Crippen LogP contribution in [0.15, 0.2) is 0 Å². The molecule has 0 aromatic rings. The van der Waals surface area contributed by atoms with Gasteiger partial charge in [0.2, 0.25) is 0 Å². The van der Waals surface area contributed by atoms with Crippen LogP contribution in [0, 0.1) is 0 Å². The third-order valence-corrected chi connectivity index (χ3v) is 0.747. The second-order valence-corrected chi connectivity index (χ2v) is 1.32. The molecule has 0 aliphatic rings. The van der Waals surface area contributed by atoms with Crippen molar-refractivity contribution in [3.63, 3.8) is 0 Å². The maximum atomic E-state index is 10.1. The SMILES string of the molecule is O=C(O[PH-])C(O)CO.[Na+]. The summed E-state index contributed by atoms with van der Waals surface area (Å²) < 4.78 is 3.86. The molecule has 0 heterocycles. The third kappa shape index (κ3) is 5.27. The number of aliphatic hydroxyl groups excluding tert-OH is 2. The van der Waals surface area contributed by atoms with Gasteiger partial charge in [0.15, 0.2) is 6.10 Å². The van der Waals surface area contributed by atoms with Gasteiger partial charge in [0, 0.05) is 0 Å². The molecule has 0 aromatic carbocycles. The molecule has 0 aromatic heterocycles. The molecule has 0 saturated carbocycles. The van der Waals surface area contributed by atoms with Gasteiger partial charge in [0.25, 0.3) is 0 Å². The van der Waals surface area contributed by atoms with Crippen LogP contribution in [0.5, 0.6) is 0 Å². The molecule has 1 unspecified atom stereocenters. The minimum Gasteiger partial charge on any atom is -0.646 e. The Hall–Kier alpha value is 0.820. The summed E-state index contributed by atoms with van der Waals surface area (Å²) in [6, 6.07) is 0. The molecule has 0 aliphatic carbocycles. The Bertz CT molecular complexity index is 87.9. The van der Waals surface area contributed by atoms with Gasteiger partial charge in [-0.1, -0.05) is 0 Å². The van der Waals surface area contributed by atoms with E-state index in [0.717, 1.165) is 0 Å². The van der Waals surface area contributed by atoms with Gasteiger partial charge in [-0.05, 0) is 0 Å². The van der Waals surface area contributed by atoms with E-state index < -0.39 is 18.7 Å².